The van der Waals surface area contributed by atoms with Crippen molar-refractivity contribution < 1.29 is 42.7 Å². The maximum Gasteiger partial charge on any atom is 0.310 e. The van der Waals surface area contributed by atoms with Gasteiger partial charge in [-0.25, -0.2) is 0 Å². The molecule has 2 aromatic rings. The first-order valence-corrected chi connectivity index (χ1v) is 17.6. The van der Waals surface area contributed by atoms with Crippen LogP contribution in [0, 0.1) is 11.8 Å². The molecule has 1 unspecified atom stereocenters. The SMILES string of the molecule is CCCCCCCCCCCCCCCC(=O)O[C@H]1c2cc3c(cc2C(c2cc(OC)c(OC)c(OC)c2)[C@@H]2C(=O)OC[C@H]12)OCO3. The zero-order valence-electron chi connectivity index (χ0n) is 28.6. The van der Waals surface area contributed by atoms with Crippen LogP contribution in [0.3, 0.4) is 0 Å². The molecule has 47 heavy (non-hydrogen) atoms. The minimum absolute atomic E-state index is 0.103. The number of fused-ring (bicyclic) bond motifs is 3. The Labute approximate surface area is 279 Å². The van der Waals surface area contributed by atoms with Gasteiger partial charge in [0.05, 0.1) is 33.9 Å². The van der Waals surface area contributed by atoms with Gasteiger partial charge >= 0.3 is 11.9 Å². The van der Waals surface area contributed by atoms with Gasteiger partial charge in [-0.2, -0.15) is 0 Å². The summed E-state index contributed by atoms with van der Waals surface area (Å²) in [5.74, 6) is 0.652. The molecule has 9 heteroatoms. The van der Waals surface area contributed by atoms with Gasteiger partial charge in [0.1, 0.15) is 6.10 Å². The lowest BCUT2D eigenvalue weighted by molar-refractivity contribution is -0.154. The van der Waals surface area contributed by atoms with E-state index >= 15 is 0 Å². The number of benzene rings is 2. The Morgan fingerprint density at radius 2 is 1.28 bits per heavy atom. The fourth-order valence-electron chi connectivity index (χ4n) is 7.43. The molecular formula is C38H52O9. The molecule has 2 aliphatic heterocycles. The summed E-state index contributed by atoms with van der Waals surface area (Å²) in [5, 5.41) is 0. The van der Waals surface area contributed by atoms with E-state index in [4.69, 9.17) is 33.2 Å². The predicted molar refractivity (Wildman–Crippen MR) is 178 cm³/mol. The third-order valence-electron chi connectivity index (χ3n) is 9.91. The van der Waals surface area contributed by atoms with Crippen molar-refractivity contribution in [2.75, 3.05) is 34.7 Å². The van der Waals surface area contributed by atoms with E-state index in [-0.39, 0.29) is 31.3 Å². The minimum Gasteiger partial charge on any atom is -0.493 e. The van der Waals surface area contributed by atoms with Gasteiger partial charge in [0.25, 0.3) is 0 Å². The predicted octanol–water partition coefficient (Wildman–Crippen LogP) is 8.44. The first-order chi connectivity index (χ1) is 23.0. The van der Waals surface area contributed by atoms with Crippen LogP contribution in [0.25, 0.3) is 0 Å². The van der Waals surface area contributed by atoms with E-state index in [0.29, 0.717) is 35.2 Å². The summed E-state index contributed by atoms with van der Waals surface area (Å²) in [6.45, 7) is 2.52. The maximum atomic E-state index is 13.4. The summed E-state index contributed by atoms with van der Waals surface area (Å²) in [4.78, 5) is 26.7. The summed E-state index contributed by atoms with van der Waals surface area (Å²) >= 11 is 0. The first kappa shape index (κ1) is 34.7. The molecule has 0 bridgehead atoms. The summed E-state index contributed by atoms with van der Waals surface area (Å²) in [7, 11) is 4.68. The van der Waals surface area contributed by atoms with Crippen molar-refractivity contribution in [1.82, 2.24) is 0 Å². The molecule has 0 saturated carbocycles. The Morgan fingerprint density at radius 3 is 1.83 bits per heavy atom. The highest BCUT2D eigenvalue weighted by atomic mass is 16.7. The van der Waals surface area contributed by atoms with Crippen molar-refractivity contribution in [3.63, 3.8) is 0 Å². The first-order valence-electron chi connectivity index (χ1n) is 17.6. The van der Waals surface area contributed by atoms with Gasteiger partial charge in [0.2, 0.25) is 12.5 Å². The van der Waals surface area contributed by atoms with E-state index in [1.165, 1.54) is 64.2 Å². The topological polar surface area (TPSA) is 98.8 Å². The number of hydrogen-bond donors (Lipinski definition) is 0. The highest BCUT2D eigenvalue weighted by Gasteiger charge is 2.54. The van der Waals surface area contributed by atoms with Gasteiger partial charge in [-0.3, -0.25) is 9.59 Å². The number of methoxy groups -OCH3 is 3. The molecule has 0 aromatic heterocycles. The molecule has 3 aliphatic rings. The Hall–Kier alpha value is -3.62. The van der Waals surface area contributed by atoms with Crippen molar-refractivity contribution >= 4 is 11.9 Å². The van der Waals surface area contributed by atoms with Crippen LogP contribution in [0.1, 0.15) is 126 Å². The molecule has 4 atom stereocenters. The van der Waals surface area contributed by atoms with E-state index in [1.807, 2.05) is 24.3 Å². The second kappa shape index (κ2) is 17.0. The van der Waals surface area contributed by atoms with E-state index in [0.717, 1.165) is 36.0 Å². The van der Waals surface area contributed by atoms with Crippen LogP contribution in [-0.2, 0) is 19.1 Å². The Kier molecular flexibility index (Phi) is 12.5. The zero-order chi connectivity index (χ0) is 33.2. The number of carbonyl (C=O) groups excluding carboxylic acids is 2. The number of rotatable bonds is 19. The van der Waals surface area contributed by atoms with Crippen LogP contribution in [0.15, 0.2) is 24.3 Å². The van der Waals surface area contributed by atoms with E-state index in [2.05, 4.69) is 6.92 Å². The lowest BCUT2D eigenvalue weighted by Gasteiger charge is -2.38. The molecule has 0 spiro atoms. The normalized spacial score (nSPS) is 20.7. The maximum absolute atomic E-state index is 13.4. The Bertz CT molecular complexity index is 1330. The molecular weight excluding hydrogens is 600 g/mol. The van der Waals surface area contributed by atoms with Gasteiger partial charge in [-0.05, 0) is 41.8 Å². The van der Waals surface area contributed by atoms with Crippen molar-refractivity contribution in [2.24, 2.45) is 11.8 Å². The molecule has 1 fully saturated rings. The summed E-state index contributed by atoms with van der Waals surface area (Å²) in [6.07, 6.45) is 15.8. The van der Waals surface area contributed by atoms with Crippen molar-refractivity contribution in [3.05, 3.63) is 41.0 Å². The highest BCUT2D eigenvalue weighted by Crippen LogP contribution is 2.56. The number of carbonyl (C=O) groups is 2. The average Bonchev–Trinajstić information content (AvgIpc) is 3.71. The molecule has 1 aliphatic carbocycles. The quantitative estimate of drug-likeness (QED) is 0.109. The number of unbranched alkanes of at least 4 members (excludes halogenated alkanes) is 12. The highest BCUT2D eigenvalue weighted by molar-refractivity contribution is 5.79. The molecule has 0 N–H and O–H groups in total. The van der Waals surface area contributed by atoms with Crippen LogP contribution in [0.4, 0.5) is 0 Å². The second-order valence-corrected chi connectivity index (χ2v) is 13.0. The largest absolute Gasteiger partial charge is 0.493 e. The van der Waals surface area contributed by atoms with E-state index in [9.17, 15) is 9.59 Å². The second-order valence-electron chi connectivity index (χ2n) is 13.0. The van der Waals surface area contributed by atoms with E-state index in [1.54, 1.807) is 21.3 Å². The van der Waals surface area contributed by atoms with Gasteiger partial charge in [0, 0.05) is 23.8 Å². The molecule has 0 amide bonds. The molecule has 2 aromatic carbocycles. The monoisotopic (exact) mass is 652 g/mol. The van der Waals surface area contributed by atoms with Gasteiger partial charge in [0.15, 0.2) is 23.0 Å². The summed E-state index contributed by atoms with van der Waals surface area (Å²) < 4.78 is 40.2. The van der Waals surface area contributed by atoms with E-state index < -0.39 is 17.9 Å². The third-order valence-corrected chi connectivity index (χ3v) is 9.91. The van der Waals surface area contributed by atoms with Crippen LogP contribution < -0.4 is 23.7 Å². The van der Waals surface area contributed by atoms with Gasteiger partial charge in [-0.15, -0.1) is 0 Å². The Morgan fingerprint density at radius 1 is 0.723 bits per heavy atom. The number of cyclic esters (lactones) is 1. The van der Waals surface area contributed by atoms with Crippen LogP contribution in [0.2, 0.25) is 0 Å². The summed E-state index contributed by atoms with van der Waals surface area (Å²) in [6, 6.07) is 7.53. The molecule has 1 saturated heterocycles. The summed E-state index contributed by atoms with van der Waals surface area (Å²) in [5.41, 5.74) is 2.42. The molecule has 5 rings (SSSR count). The number of ether oxygens (including phenoxy) is 7. The van der Waals surface area contributed by atoms with Crippen LogP contribution >= 0.6 is 0 Å². The molecule has 258 valence electrons. The average molecular weight is 653 g/mol. The number of hydrogen-bond acceptors (Lipinski definition) is 9. The van der Waals surface area contributed by atoms with Gasteiger partial charge < -0.3 is 33.2 Å². The van der Waals surface area contributed by atoms with Crippen LogP contribution in [0.5, 0.6) is 28.7 Å². The van der Waals surface area contributed by atoms with Crippen LogP contribution in [-0.4, -0.2) is 46.7 Å². The Balaban J connectivity index is 1.25. The fraction of sp³-hybridized carbons (Fsp3) is 0.632. The third kappa shape index (κ3) is 8.10. The molecule has 9 nitrogen and oxygen atoms in total. The molecule has 2 heterocycles. The zero-order valence-corrected chi connectivity index (χ0v) is 28.6. The lowest BCUT2D eigenvalue weighted by atomic mass is 9.66. The smallest absolute Gasteiger partial charge is 0.310 e. The minimum atomic E-state index is -0.649. The van der Waals surface area contributed by atoms with Crippen molar-refractivity contribution in [3.8, 4) is 28.7 Å². The van der Waals surface area contributed by atoms with Crippen molar-refractivity contribution in [1.29, 1.82) is 0 Å². The fourth-order valence-corrected chi connectivity index (χ4v) is 7.43. The van der Waals surface area contributed by atoms with Crippen molar-refractivity contribution in [2.45, 2.75) is 109 Å². The van der Waals surface area contributed by atoms with Gasteiger partial charge in [-0.1, -0.05) is 84.0 Å². The standard InChI is InChI=1S/C38H52O9/c1-5-6-7-8-9-10-11-12-13-14-15-16-17-18-33(39)47-36-27-22-30-29(45-24-46-30)21-26(27)34(35-28(36)23-44-38(35)40)25-19-31(41-2)37(43-4)32(20-25)42-3/h19-22,28,34-36H,5-18,23-24H2,1-4H3/t28-,34?,35+,36-/m0/s1. The number of esters is 2. The molecule has 0 radical (unpaired) electrons. The lowest BCUT2D eigenvalue weighted by Crippen LogP contribution is -2.36.